The highest BCUT2D eigenvalue weighted by Crippen LogP contribution is 2.34. The SMILES string of the molecule is Cc1ccn2c(C(CC(=O)NCCN3CCCCC3)c3cccc(C(F)(F)F)c3)cnc2c1. The largest absolute Gasteiger partial charge is 0.416 e. The van der Waals surface area contributed by atoms with E-state index >= 15 is 0 Å². The zero-order valence-electron chi connectivity index (χ0n) is 18.7. The van der Waals surface area contributed by atoms with Crippen molar-refractivity contribution < 1.29 is 18.0 Å². The first-order valence-corrected chi connectivity index (χ1v) is 11.4. The van der Waals surface area contributed by atoms with Crippen molar-refractivity contribution in [2.24, 2.45) is 0 Å². The second-order valence-electron chi connectivity index (χ2n) is 8.75. The smallest absolute Gasteiger partial charge is 0.355 e. The number of nitrogens with zero attached hydrogens (tertiary/aromatic N) is 3. The van der Waals surface area contributed by atoms with Gasteiger partial charge < -0.3 is 14.6 Å². The van der Waals surface area contributed by atoms with Crippen molar-refractivity contribution in [3.8, 4) is 0 Å². The van der Waals surface area contributed by atoms with E-state index in [9.17, 15) is 18.0 Å². The summed E-state index contributed by atoms with van der Waals surface area (Å²) in [6.45, 7) is 5.36. The van der Waals surface area contributed by atoms with Gasteiger partial charge in [0.05, 0.1) is 11.3 Å². The van der Waals surface area contributed by atoms with Crippen LogP contribution in [0.25, 0.3) is 5.65 Å². The molecule has 2 aromatic heterocycles. The van der Waals surface area contributed by atoms with Gasteiger partial charge in [-0.3, -0.25) is 4.79 Å². The van der Waals surface area contributed by atoms with Crippen LogP contribution in [-0.4, -0.2) is 46.4 Å². The molecule has 1 unspecified atom stereocenters. The highest BCUT2D eigenvalue weighted by molar-refractivity contribution is 5.77. The van der Waals surface area contributed by atoms with Gasteiger partial charge >= 0.3 is 6.18 Å². The zero-order valence-corrected chi connectivity index (χ0v) is 18.7. The lowest BCUT2D eigenvalue weighted by molar-refractivity contribution is -0.137. The van der Waals surface area contributed by atoms with Gasteiger partial charge in [-0.1, -0.05) is 24.6 Å². The molecule has 1 aliphatic heterocycles. The summed E-state index contributed by atoms with van der Waals surface area (Å²) in [4.78, 5) is 19.6. The van der Waals surface area contributed by atoms with Crippen LogP contribution in [0.15, 0.2) is 48.8 Å². The Morgan fingerprint density at radius 2 is 1.94 bits per heavy atom. The number of aryl methyl sites for hydroxylation is 1. The summed E-state index contributed by atoms with van der Waals surface area (Å²) in [6.07, 6.45) is 2.71. The second kappa shape index (κ2) is 9.95. The summed E-state index contributed by atoms with van der Waals surface area (Å²) >= 11 is 0. The first-order valence-electron chi connectivity index (χ1n) is 11.4. The molecule has 1 amide bonds. The topological polar surface area (TPSA) is 49.6 Å². The molecule has 5 nitrogen and oxygen atoms in total. The van der Waals surface area contributed by atoms with Crippen LogP contribution in [0, 0.1) is 6.92 Å². The minimum absolute atomic E-state index is 0.0446. The fourth-order valence-electron chi connectivity index (χ4n) is 4.48. The van der Waals surface area contributed by atoms with Crippen molar-refractivity contribution >= 4 is 11.6 Å². The van der Waals surface area contributed by atoms with Gasteiger partial charge in [0.15, 0.2) is 0 Å². The van der Waals surface area contributed by atoms with E-state index < -0.39 is 17.7 Å². The Morgan fingerprint density at radius 1 is 1.15 bits per heavy atom. The van der Waals surface area contributed by atoms with E-state index in [0.29, 0.717) is 23.4 Å². The van der Waals surface area contributed by atoms with Crippen LogP contribution in [0.4, 0.5) is 13.2 Å². The van der Waals surface area contributed by atoms with Crippen molar-refractivity contribution in [2.75, 3.05) is 26.2 Å². The maximum absolute atomic E-state index is 13.4. The number of nitrogens with one attached hydrogen (secondary N) is 1. The van der Waals surface area contributed by atoms with E-state index in [1.54, 1.807) is 12.3 Å². The molecule has 1 saturated heterocycles. The minimum Gasteiger partial charge on any atom is -0.355 e. The molecule has 3 heterocycles. The highest BCUT2D eigenvalue weighted by atomic mass is 19.4. The molecule has 0 spiro atoms. The van der Waals surface area contributed by atoms with E-state index in [2.05, 4.69) is 15.2 Å². The number of hydrogen-bond donors (Lipinski definition) is 1. The molecule has 0 bridgehead atoms. The number of rotatable bonds is 7. The van der Waals surface area contributed by atoms with Gasteiger partial charge in [0.25, 0.3) is 0 Å². The first-order chi connectivity index (χ1) is 15.8. The summed E-state index contributed by atoms with van der Waals surface area (Å²) in [5, 5.41) is 2.96. The summed E-state index contributed by atoms with van der Waals surface area (Å²) in [6, 6.07) is 9.06. The Hall–Kier alpha value is -2.87. The lowest BCUT2D eigenvalue weighted by Crippen LogP contribution is -2.38. The molecule has 176 valence electrons. The van der Waals surface area contributed by atoms with Crippen LogP contribution in [0.2, 0.25) is 0 Å². The Kier molecular flexibility index (Phi) is 7.02. The molecular weight excluding hydrogens is 429 g/mol. The number of fused-ring (bicyclic) bond motifs is 1. The number of alkyl halides is 3. The molecular formula is C25H29F3N4O. The number of aromatic nitrogens is 2. The average Bonchev–Trinajstić information content (AvgIpc) is 3.20. The van der Waals surface area contributed by atoms with Crippen LogP contribution in [0.1, 0.15) is 54.0 Å². The Balaban J connectivity index is 1.57. The number of piperidine rings is 1. The normalized spacial score (nSPS) is 16.1. The van der Waals surface area contributed by atoms with Gasteiger partial charge in [-0.25, -0.2) is 4.98 Å². The van der Waals surface area contributed by atoms with Crippen LogP contribution < -0.4 is 5.32 Å². The number of carbonyl (C=O) groups excluding carboxylic acids is 1. The molecule has 1 fully saturated rings. The van der Waals surface area contributed by atoms with Crippen molar-refractivity contribution in [1.82, 2.24) is 19.6 Å². The van der Waals surface area contributed by atoms with Crippen LogP contribution in [-0.2, 0) is 11.0 Å². The first kappa shape index (κ1) is 23.3. The third-order valence-electron chi connectivity index (χ3n) is 6.26. The van der Waals surface area contributed by atoms with Gasteiger partial charge in [0, 0.05) is 37.8 Å². The van der Waals surface area contributed by atoms with Gasteiger partial charge in [-0.15, -0.1) is 0 Å². The maximum atomic E-state index is 13.4. The minimum atomic E-state index is -4.45. The number of carbonyl (C=O) groups is 1. The monoisotopic (exact) mass is 458 g/mol. The lowest BCUT2D eigenvalue weighted by Gasteiger charge is -2.26. The number of likely N-dealkylation sites (tertiary alicyclic amines) is 1. The third-order valence-corrected chi connectivity index (χ3v) is 6.26. The average molecular weight is 459 g/mol. The summed E-state index contributed by atoms with van der Waals surface area (Å²) < 4.78 is 42.0. The molecule has 0 radical (unpaired) electrons. The number of imidazole rings is 1. The zero-order chi connectivity index (χ0) is 23.4. The second-order valence-corrected chi connectivity index (χ2v) is 8.75. The van der Waals surface area contributed by atoms with E-state index in [1.807, 2.05) is 29.7 Å². The molecule has 1 atom stereocenters. The number of amides is 1. The standard InChI is InChI=1S/C25H29F3N4O/c1-18-8-12-32-22(17-30-23(32)14-18)21(19-6-5-7-20(15-19)25(26,27)28)16-24(33)29-9-13-31-10-3-2-4-11-31/h5-8,12,14-15,17,21H,2-4,9-11,13,16H2,1H3,(H,29,33). The van der Waals surface area contributed by atoms with Crippen LogP contribution in [0.3, 0.4) is 0 Å². The molecule has 33 heavy (non-hydrogen) atoms. The molecule has 4 rings (SSSR count). The predicted molar refractivity (Wildman–Crippen MR) is 121 cm³/mol. The maximum Gasteiger partial charge on any atom is 0.416 e. The van der Waals surface area contributed by atoms with E-state index in [-0.39, 0.29) is 12.3 Å². The van der Waals surface area contributed by atoms with E-state index in [0.717, 1.165) is 37.3 Å². The highest BCUT2D eigenvalue weighted by Gasteiger charge is 2.32. The van der Waals surface area contributed by atoms with E-state index in [4.69, 9.17) is 0 Å². The summed E-state index contributed by atoms with van der Waals surface area (Å²) in [5.41, 5.74) is 2.15. The number of halogens is 3. The Labute approximate surface area is 191 Å². The lowest BCUT2D eigenvalue weighted by atomic mass is 9.91. The van der Waals surface area contributed by atoms with Gasteiger partial charge in [-0.2, -0.15) is 13.2 Å². The van der Waals surface area contributed by atoms with Crippen molar-refractivity contribution in [3.05, 3.63) is 71.2 Å². The quantitative estimate of drug-likeness (QED) is 0.554. The summed E-state index contributed by atoms with van der Waals surface area (Å²) in [7, 11) is 0. The molecule has 1 aliphatic rings. The van der Waals surface area contributed by atoms with Crippen LogP contribution in [0.5, 0.6) is 0 Å². The molecule has 1 N–H and O–H groups in total. The van der Waals surface area contributed by atoms with Crippen molar-refractivity contribution in [1.29, 1.82) is 0 Å². The molecule has 1 aromatic carbocycles. The number of benzene rings is 1. The summed E-state index contributed by atoms with van der Waals surface area (Å²) in [5.74, 6) is -0.739. The Morgan fingerprint density at radius 3 is 2.70 bits per heavy atom. The van der Waals surface area contributed by atoms with Gasteiger partial charge in [-0.05, 0) is 62.2 Å². The Bertz CT molecular complexity index is 1100. The van der Waals surface area contributed by atoms with Crippen LogP contribution >= 0.6 is 0 Å². The molecule has 3 aromatic rings. The molecule has 8 heteroatoms. The van der Waals surface area contributed by atoms with E-state index in [1.165, 1.54) is 25.3 Å². The molecule has 0 aliphatic carbocycles. The van der Waals surface area contributed by atoms with Gasteiger partial charge in [0.2, 0.25) is 5.91 Å². The number of pyridine rings is 1. The fourth-order valence-corrected chi connectivity index (χ4v) is 4.48. The van der Waals surface area contributed by atoms with Gasteiger partial charge in [0.1, 0.15) is 5.65 Å². The molecule has 0 saturated carbocycles. The fraction of sp³-hybridized carbons (Fsp3) is 0.440. The predicted octanol–water partition coefficient (Wildman–Crippen LogP) is 4.79. The number of hydrogen-bond acceptors (Lipinski definition) is 3. The van der Waals surface area contributed by atoms with Crippen molar-refractivity contribution in [3.63, 3.8) is 0 Å². The van der Waals surface area contributed by atoms with Crippen molar-refractivity contribution in [2.45, 2.75) is 44.7 Å². The third kappa shape index (κ3) is 5.74.